The van der Waals surface area contributed by atoms with Crippen LogP contribution in [0.15, 0.2) is 91.3 Å². The fraction of sp³-hybridized carbons (Fsp3) is 0. The molecule has 0 spiro atoms. The van der Waals surface area contributed by atoms with E-state index in [0.29, 0.717) is 21.9 Å². The summed E-state index contributed by atoms with van der Waals surface area (Å²) in [7, 11) is 0. The molecule has 0 saturated carbocycles. The van der Waals surface area contributed by atoms with E-state index in [0.717, 1.165) is 16.2 Å². The van der Waals surface area contributed by atoms with Gasteiger partial charge in [-0.1, -0.05) is 48.5 Å². The topological polar surface area (TPSA) is 56.3 Å². The first-order valence-electron chi connectivity index (χ1n) is 8.88. The van der Waals surface area contributed by atoms with Gasteiger partial charge in [0.25, 0.3) is 5.69 Å². The van der Waals surface area contributed by atoms with Crippen molar-refractivity contribution in [2.75, 3.05) is 0 Å². The van der Waals surface area contributed by atoms with E-state index >= 15 is 0 Å². The average Bonchev–Trinajstić information content (AvgIpc) is 2.72. The van der Waals surface area contributed by atoms with Gasteiger partial charge >= 0.3 is 0 Å². The molecule has 5 nitrogen and oxygen atoms in total. The number of rotatable bonds is 3. The minimum absolute atomic E-state index is 0.0989. The smallest absolute Gasteiger partial charge is 0.258 e. The molecular formula is C23H15N2O3+. The van der Waals surface area contributed by atoms with Crippen LogP contribution >= 0.6 is 0 Å². The second-order valence-corrected chi connectivity index (χ2v) is 6.55. The van der Waals surface area contributed by atoms with Crippen LogP contribution in [0, 0.1) is 10.1 Å². The summed E-state index contributed by atoms with van der Waals surface area (Å²) >= 11 is 0. The largest absolute Gasteiger partial charge is 0.285 e. The maximum Gasteiger partial charge on any atom is 0.285 e. The highest BCUT2D eigenvalue weighted by atomic mass is 16.7. The lowest BCUT2D eigenvalue weighted by molar-refractivity contribution is -0.874. The van der Waals surface area contributed by atoms with Crippen LogP contribution in [-0.4, -0.2) is 4.92 Å². The fourth-order valence-corrected chi connectivity index (χ4v) is 3.65. The van der Waals surface area contributed by atoms with Gasteiger partial charge in [0.15, 0.2) is 0 Å². The Morgan fingerprint density at radius 3 is 2.04 bits per heavy atom. The summed E-state index contributed by atoms with van der Waals surface area (Å²) in [5, 5.41) is 16.5. The van der Waals surface area contributed by atoms with Crippen LogP contribution in [-0.2, 0) is 0 Å². The Hall–Kier alpha value is -3.99. The Labute approximate surface area is 160 Å². The number of benzene rings is 4. The van der Waals surface area contributed by atoms with Gasteiger partial charge in [-0.25, -0.2) is 4.84 Å². The summed E-state index contributed by atoms with van der Waals surface area (Å²) in [6.07, 6.45) is 3.59. The van der Waals surface area contributed by atoms with Gasteiger partial charge in [-0.15, -0.1) is 0 Å². The van der Waals surface area contributed by atoms with Crippen LogP contribution in [0.25, 0.3) is 32.3 Å². The highest BCUT2D eigenvalue weighted by molar-refractivity contribution is 6.15. The summed E-state index contributed by atoms with van der Waals surface area (Å²) in [4.78, 5) is 17.9. The first-order chi connectivity index (χ1) is 13.7. The molecule has 28 heavy (non-hydrogen) atoms. The summed E-state index contributed by atoms with van der Waals surface area (Å²) in [5.74, 6) is 0.596. The molecule has 0 saturated heterocycles. The summed E-state index contributed by atoms with van der Waals surface area (Å²) in [6, 6.07) is 24.6. The van der Waals surface area contributed by atoms with Gasteiger partial charge in [0.2, 0.25) is 18.1 Å². The van der Waals surface area contributed by atoms with Crippen LogP contribution in [0.4, 0.5) is 5.69 Å². The van der Waals surface area contributed by atoms with Crippen LogP contribution < -0.4 is 9.57 Å². The van der Waals surface area contributed by atoms with E-state index in [1.54, 1.807) is 23.2 Å². The van der Waals surface area contributed by atoms with E-state index in [-0.39, 0.29) is 10.6 Å². The maximum absolute atomic E-state index is 12.0. The van der Waals surface area contributed by atoms with E-state index in [1.165, 1.54) is 0 Å². The minimum Gasteiger partial charge on any atom is -0.258 e. The van der Waals surface area contributed by atoms with E-state index in [1.807, 2.05) is 72.8 Å². The molecule has 0 aliphatic carbocycles. The molecule has 0 atom stereocenters. The van der Waals surface area contributed by atoms with Gasteiger partial charge in [0.1, 0.15) is 0 Å². The van der Waals surface area contributed by atoms with Crippen LogP contribution in [0.3, 0.4) is 0 Å². The number of non-ortho nitro benzene ring substituents is 1. The maximum atomic E-state index is 12.0. The second kappa shape index (κ2) is 6.32. The number of aromatic nitrogens is 1. The Kier molecular flexibility index (Phi) is 3.66. The first kappa shape index (κ1) is 16.2. The van der Waals surface area contributed by atoms with Crippen molar-refractivity contribution >= 4 is 38.0 Å². The van der Waals surface area contributed by atoms with Gasteiger partial charge in [0, 0.05) is 27.6 Å². The van der Waals surface area contributed by atoms with Crippen molar-refractivity contribution in [3.63, 3.8) is 0 Å². The van der Waals surface area contributed by atoms with Crippen molar-refractivity contribution in [3.8, 4) is 5.75 Å². The molecular weight excluding hydrogens is 352 g/mol. The summed E-state index contributed by atoms with van der Waals surface area (Å²) in [5.41, 5.74) is 0.0989. The van der Waals surface area contributed by atoms with Crippen LogP contribution in [0.1, 0.15) is 0 Å². The molecule has 4 aromatic carbocycles. The van der Waals surface area contributed by atoms with Crippen molar-refractivity contribution in [1.29, 1.82) is 0 Å². The van der Waals surface area contributed by atoms with E-state index in [2.05, 4.69) is 0 Å². The highest BCUT2D eigenvalue weighted by Gasteiger charge is 2.23. The number of fused-ring (bicyclic) bond motifs is 3. The van der Waals surface area contributed by atoms with Crippen molar-refractivity contribution in [3.05, 3.63) is 101 Å². The van der Waals surface area contributed by atoms with Gasteiger partial charge < -0.3 is 0 Å². The van der Waals surface area contributed by atoms with E-state index in [9.17, 15) is 10.1 Å². The number of nitro benzene ring substituents is 1. The SMILES string of the molecule is O=[N+]([O-])c1c2ccccc2cc2c(O[n+]3ccccc3)c3ccccc3cc12. The molecule has 0 amide bonds. The van der Waals surface area contributed by atoms with Crippen molar-refractivity contribution in [2.45, 2.75) is 0 Å². The fourth-order valence-electron chi connectivity index (χ4n) is 3.65. The predicted molar refractivity (Wildman–Crippen MR) is 108 cm³/mol. The zero-order valence-electron chi connectivity index (χ0n) is 14.8. The molecule has 0 N–H and O–H groups in total. The molecule has 0 unspecified atom stereocenters. The zero-order chi connectivity index (χ0) is 19.1. The Morgan fingerprint density at radius 2 is 1.32 bits per heavy atom. The molecule has 5 rings (SSSR count). The zero-order valence-corrected chi connectivity index (χ0v) is 14.8. The van der Waals surface area contributed by atoms with Crippen molar-refractivity contribution < 1.29 is 14.5 Å². The summed E-state index contributed by atoms with van der Waals surface area (Å²) < 4.78 is 1.60. The lowest BCUT2D eigenvalue weighted by Gasteiger charge is -2.10. The average molecular weight is 367 g/mol. The van der Waals surface area contributed by atoms with Gasteiger partial charge in [0.05, 0.1) is 15.7 Å². The molecule has 1 aromatic heterocycles. The minimum atomic E-state index is -0.307. The molecule has 0 aliphatic heterocycles. The van der Waals surface area contributed by atoms with Crippen molar-refractivity contribution in [1.82, 2.24) is 0 Å². The number of nitrogens with zero attached hydrogens (tertiary/aromatic N) is 2. The number of pyridine rings is 1. The normalized spacial score (nSPS) is 11.1. The molecule has 0 bridgehead atoms. The Balaban J connectivity index is 1.96. The Morgan fingerprint density at radius 1 is 0.714 bits per heavy atom. The quantitative estimate of drug-likeness (QED) is 0.191. The molecule has 1 heterocycles. The number of hydrogen-bond donors (Lipinski definition) is 0. The van der Waals surface area contributed by atoms with Gasteiger partial charge in [-0.3, -0.25) is 10.1 Å². The lowest BCUT2D eigenvalue weighted by atomic mass is 9.97. The first-order valence-corrected chi connectivity index (χ1v) is 8.88. The summed E-state index contributed by atoms with van der Waals surface area (Å²) in [6.45, 7) is 0. The molecule has 5 aromatic rings. The molecule has 134 valence electrons. The third-order valence-corrected chi connectivity index (χ3v) is 4.88. The second-order valence-electron chi connectivity index (χ2n) is 6.55. The predicted octanol–water partition coefficient (Wildman–Crippen LogP) is 5.18. The molecule has 5 heteroatoms. The third kappa shape index (κ3) is 2.53. The molecule has 0 fully saturated rings. The Bertz CT molecular complexity index is 1360. The molecule has 0 aliphatic rings. The number of nitro groups is 1. The van der Waals surface area contributed by atoms with Gasteiger partial charge in [-0.05, 0) is 29.0 Å². The lowest BCUT2D eigenvalue weighted by Crippen LogP contribution is -2.38. The molecule has 0 radical (unpaired) electrons. The van der Waals surface area contributed by atoms with Crippen molar-refractivity contribution in [2.24, 2.45) is 0 Å². The monoisotopic (exact) mass is 367 g/mol. The van der Waals surface area contributed by atoms with Crippen LogP contribution in [0.2, 0.25) is 0 Å². The number of hydrogen-bond acceptors (Lipinski definition) is 3. The highest BCUT2D eigenvalue weighted by Crippen LogP contribution is 2.42. The van der Waals surface area contributed by atoms with Crippen LogP contribution in [0.5, 0.6) is 5.75 Å². The van der Waals surface area contributed by atoms with E-state index < -0.39 is 0 Å². The third-order valence-electron chi connectivity index (χ3n) is 4.88. The standard InChI is InChI=1S/C23H15N2O3/c26-25(27)22-18-10-4-2-8-16(18)15-21-20(22)14-17-9-3-5-11-19(17)23(21)28-24-12-6-1-7-13-24/h1-15H/q+1. The van der Waals surface area contributed by atoms with E-state index in [4.69, 9.17) is 4.84 Å². The van der Waals surface area contributed by atoms with Gasteiger partial charge in [-0.2, -0.15) is 0 Å².